The van der Waals surface area contributed by atoms with E-state index < -0.39 is 11.5 Å². The van der Waals surface area contributed by atoms with Crippen LogP contribution in [0.4, 0.5) is 0 Å². The normalized spacial score (nSPS) is 11.0. The van der Waals surface area contributed by atoms with Crippen LogP contribution in [0.1, 0.15) is 27.2 Å². The third-order valence-electron chi connectivity index (χ3n) is 5.75. The average Bonchev–Trinajstić information content (AvgIpc) is 2.87. The number of fused-ring (bicyclic) bond motifs is 2. The molecule has 0 unspecified atom stereocenters. The van der Waals surface area contributed by atoms with Crippen LogP contribution in [0.25, 0.3) is 21.8 Å². The van der Waals surface area contributed by atoms with Crippen LogP contribution in [0.3, 0.4) is 0 Å². The number of aryl methyl sites for hydroxylation is 1. The third kappa shape index (κ3) is 4.70. The fourth-order valence-electron chi connectivity index (χ4n) is 3.93. The summed E-state index contributed by atoms with van der Waals surface area (Å²) in [6.07, 6.45) is 0. The van der Waals surface area contributed by atoms with Crippen molar-refractivity contribution in [2.75, 3.05) is 0 Å². The molecular formula is C28H22N2O5. The van der Waals surface area contributed by atoms with Gasteiger partial charge in [-0.2, -0.15) is 0 Å². The van der Waals surface area contributed by atoms with Gasteiger partial charge in [0.25, 0.3) is 5.56 Å². The van der Waals surface area contributed by atoms with E-state index >= 15 is 0 Å². The molecule has 0 aliphatic heterocycles. The molecule has 0 saturated heterocycles. The number of rotatable bonds is 7. The number of ether oxygens (including phenoxy) is 2. The fraction of sp³-hybridized carbons (Fsp3) is 0.107. The van der Waals surface area contributed by atoms with E-state index in [0.29, 0.717) is 29.0 Å². The summed E-state index contributed by atoms with van der Waals surface area (Å²) < 4.78 is 12.0. The number of benzene rings is 3. The summed E-state index contributed by atoms with van der Waals surface area (Å²) in [5.41, 5.74) is 3.04. The van der Waals surface area contributed by atoms with Crippen LogP contribution in [0.5, 0.6) is 11.5 Å². The molecule has 5 aromatic rings. The zero-order chi connectivity index (χ0) is 24.4. The van der Waals surface area contributed by atoms with Gasteiger partial charge in [0.15, 0.2) is 0 Å². The Bertz CT molecular complexity index is 1620. The number of H-pyrrole nitrogens is 1. The quantitative estimate of drug-likeness (QED) is 0.340. The van der Waals surface area contributed by atoms with E-state index in [1.54, 1.807) is 6.07 Å². The van der Waals surface area contributed by atoms with Crippen LogP contribution in [0.2, 0.25) is 0 Å². The number of nitrogens with one attached hydrogen (secondary N) is 1. The monoisotopic (exact) mass is 466 g/mol. The molecule has 0 spiro atoms. The summed E-state index contributed by atoms with van der Waals surface area (Å²) in [6, 6.07) is 24.4. The lowest BCUT2D eigenvalue weighted by Gasteiger charge is -2.12. The minimum atomic E-state index is -1.29. The molecule has 0 saturated carbocycles. The lowest BCUT2D eigenvalue weighted by molar-refractivity contribution is 0.0695. The topological polar surface area (TPSA) is 102 Å². The van der Waals surface area contributed by atoms with Gasteiger partial charge in [0.05, 0.1) is 16.7 Å². The van der Waals surface area contributed by atoms with E-state index in [9.17, 15) is 14.7 Å². The van der Waals surface area contributed by atoms with E-state index in [2.05, 4.69) is 9.97 Å². The molecule has 0 radical (unpaired) electrons. The molecule has 0 fully saturated rings. The lowest BCUT2D eigenvalue weighted by atomic mass is 10.1. The highest BCUT2D eigenvalue weighted by atomic mass is 16.5. The number of hydrogen-bond donors (Lipinski definition) is 2. The zero-order valence-electron chi connectivity index (χ0n) is 18.9. The minimum absolute atomic E-state index is 0.241. The van der Waals surface area contributed by atoms with Crippen molar-refractivity contribution >= 4 is 27.8 Å². The Morgan fingerprint density at radius 2 is 1.80 bits per heavy atom. The van der Waals surface area contributed by atoms with Crippen LogP contribution in [-0.4, -0.2) is 21.0 Å². The predicted molar refractivity (Wildman–Crippen MR) is 133 cm³/mol. The molecule has 0 aliphatic carbocycles. The minimum Gasteiger partial charge on any atom is -0.488 e. The molecule has 35 heavy (non-hydrogen) atoms. The molecule has 0 amide bonds. The van der Waals surface area contributed by atoms with Crippen molar-refractivity contribution in [2.45, 2.75) is 20.1 Å². The van der Waals surface area contributed by atoms with Crippen LogP contribution >= 0.6 is 0 Å². The summed E-state index contributed by atoms with van der Waals surface area (Å²) in [5, 5.41) is 11.0. The van der Waals surface area contributed by atoms with E-state index in [-0.39, 0.29) is 12.2 Å². The number of carboxylic acid groups (broad SMARTS) is 1. The molecule has 2 N–H and O–H groups in total. The van der Waals surface area contributed by atoms with Crippen LogP contribution in [-0.2, 0) is 13.2 Å². The standard InChI is InChI=1S/C28H22N2O5/c1-17-9-12-25(22-14-23(28(32)33)27(31)30-26(17)22)35-15-18-5-4-7-21(13-18)34-16-20-11-10-19-6-2-3-8-24(19)29-20/h2-14H,15-16H2,1H3,(H,30,31)(H,32,33). The summed E-state index contributed by atoms with van der Waals surface area (Å²) in [4.78, 5) is 30.8. The van der Waals surface area contributed by atoms with Crippen molar-refractivity contribution < 1.29 is 19.4 Å². The second-order valence-corrected chi connectivity index (χ2v) is 8.21. The SMILES string of the molecule is Cc1ccc(OCc2cccc(OCc3ccc4ccccc4n3)c2)c2cc(C(=O)O)c(=O)[nH]c12. The Balaban J connectivity index is 1.32. The smallest absolute Gasteiger partial charge is 0.341 e. The van der Waals surface area contributed by atoms with Gasteiger partial charge >= 0.3 is 5.97 Å². The first-order valence-electron chi connectivity index (χ1n) is 11.1. The molecule has 7 heteroatoms. The Morgan fingerprint density at radius 1 is 0.943 bits per heavy atom. The van der Waals surface area contributed by atoms with E-state index in [0.717, 1.165) is 27.7 Å². The van der Waals surface area contributed by atoms with E-state index in [1.807, 2.05) is 73.7 Å². The van der Waals surface area contributed by atoms with Gasteiger partial charge in [-0.3, -0.25) is 4.79 Å². The van der Waals surface area contributed by atoms with Crippen molar-refractivity contribution in [1.29, 1.82) is 0 Å². The van der Waals surface area contributed by atoms with Crippen molar-refractivity contribution in [3.63, 3.8) is 0 Å². The molecule has 0 aliphatic rings. The summed E-state index contributed by atoms with van der Waals surface area (Å²) in [7, 11) is 0. The summed E-state index contributed by atoms with van der Waals surface area (Å²) >= 11 is 0. The van der Waals surface area contributed by atoms with Crippen molar-refractivity contribution in [2.24, 2.45) is 0 Å². The lowest BCUT2D eigenvalue weighted by Crippen LogP contribution is -2.17. The van der Waals surface area contributed by atoms with Crippen LogP contribution in [0, 0.1) is 6.92 Å². The number of para-hydroxylation sites is 1. The maximum atomic E-state index is 12.1. The number of aromatic amines is 1. The Hall–Kier alpha value is -4.65. The molecule has 174 valence electrons. The first-order chi connectivity index (χ1) is 17.0. The van der Waals surface area contributed by atoms with Crippen molar-refractivity contribution in [3.05, 3.63) is 112 Å². The van der Waals surface area contributed by atoms with E-state index in [4.69, 9.17) is 9.47 Å². The number of carbonyl (C=O) groups is 1. The molecule has 5 rings (SSSR count). The van der Waals surface area contributed by atoms with E-state index in [1.165, 1.54) is 6.07 Å². The second kappa shape index (κ2) is 9.30. The van der Waals surface area contributed by atoms with Gasteiger partial charge in [-0.25, -0.2) is 9.78 Å². The maximum absolute atomic E-state index is 12.1. The second-order valence-electron chi connectivity index (χ2n) is 8.21. The summed E-state index contributed by atoms with van der Waals surface area (Å²) in [6.45, 7) is 2.42. The predicted octanol–water partition coefficient (Wildman–Crippen LogP) is 5.24. The molecule has 3 aromatic carbocycles. The molecule has 2 aromatic heterocycles. The first kappa shape index (κ1) is 22.2. The number of aromatic carboxylic acids is 1. The largest absolute Gasteiger partial charge is 0.488 e. The van der Waals surface area contributed by atoms with Gasteiger partial charge in [0.1, 0.15) is 30.3 Å². The van der Waals surface area contributed by atoms with Gasteiger partial charge in [-0.1, -0.05) is 42.5 Å². The number of aromatic nitrogens is 2. The molecular weight excluding hydrogens is 444 g/mol. The fourth-order valence-corrected chi connectivity index (χ4v) is 3.93. The number of carboxylic acids is 1. The van der Waals surface area contributed by atoms with Crippen molar-refractivity contribution in [3.8, 4) is 11.5 Å². The Kier molecular flexibility index (Phi) is 5.89. The highest BCUT2D eigenvalue weighted by Gasteiger charge is 2.14. The van der Waals surface area contributed by atoms with Gasteiger partial charge in [-0.05, 0) is 54.4 Å². The van der Waals surface area contributed by atoms with Crippen LogP contribution < -0.4 is 15.0 Å². The molecule has 2 heterocycles. The molecule has 0 atom stereocenters. The Morgan fingerprint density at radius 3 is 2.66 bits per heavy atom. The van der Waals surface area contributed by atoms with Gasteiger partial charge < -0.3 is 19.6 Å². The maximum Gasteiger partial charge on any atom is 0.341 e. The number of hydrogen-bond acceptors (Lipinski definition) is 5. The number of nitrogens with zero attached hydrogens (tertiary/aromatic N) is 1. The average molecular weight is 466 g/mol. The first-order valence-corrected chi connectivity index (χ1v) is 11.1. The van der Waals surface area contributed by atoms with Gasteiger partial charge in [0, 0.05) is 10.8 Å². The van der Waals surface area contributed by atoms with Gasteiger partial charge in [-0.15, -0.1) is 0 Å². The Labute approximate surface area is 200 Å². The highest BCUT2D eigenvalue weighted by Crippen LogP contribution is 2.28. The third-order valence-corrected chi connectivity index (χ3v) is 5.75. The highest BCUT2D eigenvalue weighted by molar-refractivity contribution is 5.95. The summed E-state index contributed by atoms with van der Waals surface area (Å²) in [5.74, 6) is -0.116. The van der Waals surface area contributed by atoms with Crippen molar-refractivity contribution in [1.82, 2.24) is 9.97 Å². The molecule has 7 nitrogen and oxygen atoms in total. The van der Waals surface area contributed by atoms with Gasteiger partial charge in [0.2, 0.25) is 0 Å². The van der Waals surface area contributed by atoms with Crippen LogP contribution in [0.15, 0.2) is 83.7 Å². The molecule has 0 bridgehead atoms. The zero-order valence-corrected chi connectivity index (χ0v) is 18.9. The number of pyridine rings is 2.